The fourth-order valence-corrected chi connectivity index (χ4v) is 5.29. The van der Waals surface area contributed by atoms with E-state index in [1.807, 2.05) is 6.07 Å². The van der Waals surface area contributed by atoms with Crippen LogP contribution in [0, 0.1) is 5.92 Å². The van der Waals surface area contributed by atoms with E-state index >= 15 is 0 Å². The molecule has 5 rings (SSSR count). The number of pyridine rings is 1. The predicted octanol–water partition coefficient (Wildman–Crippen LogP) is 4.85. The summed E-state index contributed by atoms with van der Waals surface area (Å²) in [5, 5.41) is 15.0. The average Bonchev–Trinajstić information content (AvgIpc) is 3.32. The van der Waals surface area contributed by atoms with E-state index in [9.17, 15) is 0 Å². The highest BCUT2D eigenvalue weighted by Crippen LogP contribution is 2.33. The summed E-state index contributed by atoms with van der Waals surface area (Å²) < 4.78 is 0. The van der Waals surface area contributed by atoms with Gasteiger partial charge in [-0.05, 0) is 73.7 Å². The quantitative estimate of drug-likeness (QED) is 0.364. The van der Waals surface area contributed by atoms with Gasteiger partial charge in [0.15, 0.2) is 5.65 Å². The molecule has 0 amide bonds. The number of nitrogens with two attached hydrogens (primary N) is 1. The molecule has 0 radical (unpaired) electrons. The second-order valence-corrected chi connectivity index (χ2v) is 9.26. The van der Waals surface area contributed by atoms with Crippen molar-refractivity contribution in [1.82, 2.24) is 25.7 Å². The SMILES string of the molecule is Nc1cc(C(CCNC2CCC(Cc3ccccc3)CC2)c2ccccc2)c2nn[nH]c2n1. The molecule has 0 saturated heterocycles. The minimum Gasteiger partial charge on any atom is -0.384 e. The number of rotatable bonds is 8. The Labute approximate surface area is 195 Å². The number of nitrogens with one attached hydrogen (secondary N) is 2. The molecule has 6 heteroatoms. The Morgan fingerprint density at radius 3 is 2.45 bits per heavy atom. The highest BCUT2D eigenvalue weighted by atomic mass is 15.3. The molecule has 1 atom stereocenters. The van der Waals surface area contributed by atoms with Crippen molar-refractivity contribution in [2.75, 3.05) is 12.3 Å². The highest BCUT2D eigenvalue weighted by molar-refractivity contribution is 5.77. The molecule has 1 unspecified atom stereocenters. The molecule has 4 aromatic rings. The second-order valence-electron chi connectivity index (χ2n) is 9.26. The van der Waals surface area contributed by atoms with Crippen LogP contribution in [0.2, 0.25) is 0 Å². The molecule has 1 aliphatic carbocycles. The molecule has 2 heterocycles. The summed E-state index contributed by atoms with van der Waals surface area (Å²) in [5.74, 6) is 1.49. The molecule has 2 aromatic carbocycles. The number of nitrogen functional groups attached to an aromatic ring is 1. The van der Waals surface area contributed by atoms with Crippen LogP contribution in [0.4, 0.5) is 5.82 Å². The van der Waals surface area contributed by atoms with Crippen molar-refractivity contribution in [2.24, 2.45) is 5.92 Å². The van der Waals surface area contributed by atoms with Gasteiger partial charge in [-0.3, -0.25) is 0 Å². The van der Waals surface area contributed by atoms with Gasteiger partial charge in [0.2, 0.25) is 0 Å². The molecule has 0 spiro atoms. The first kappa shape index (κ1) is 21.6. The minimum atomic E-state index is 0.186. The molecular weight excluding hydrogens is 408 g/mol. The van der Waals surface area contributed by atoms with Gasteiger partial charge in [-0.25, -0.2) is 10.1 Å². The van der Waals surface area contributed by atoms with Gasteiger partial charge in [-0.15, -0.1) is 5.10 Å². The summed E-state index contributed by atoms with van der Waals surface area (Å²) in [7, 11) is 0. The summed E-state index contributed by atoms with van der Waals surface area (Å²) in [6.45, 7) is 0.954. The Kier molecular flexibility index (Phi) is 6.63. The van der Waals surface area contributed by atoms with Crippen molar-refractivity contribution in [3.05, 3.63) is 83.4 Å². The number of aromatic amines is 1. The number of hydrogen-bond acceptors (Lipinski definition) is 5. The van der Waals surface area contributed by atoms with Gasteiger partial charge in [0.1, 0.15) is 11.3 Å². The van der Waals surface area contributed by atoms with E-state index in [0.717, 1.165) is 30.0 Å². The van der Waals surface area contributed by atoms with Crippen molar-refractivity contribution in [2.45, 2.75) is 50.5 Å². The third kappa shape index (κ3) is 5.22. The number of H-pyrrole nitrogens is 1. The Hall–Kier alpha value is -3.25. The van der Waals surface area contributed by atoms with Gasteiger partial charge >= 0.3 is 0 Å². The number of fused-ring (bicyclic) bond motifs is 1. The van der Waals surface area contributed by atoms with Crippen molar-refractivity contribution in [1.29, 1.82) is 0 Å². The number of hydrogen-bond donors (Lipinski definition) is 3. The van der Waals surface area contributed by atoms with Crippen molar-refractivity contribution in [3.63, 3.8) is 0 Å². The van der Waals surface area contributed by atoms with E-state index in [1.54, 1.807) is 0 Å². The standard InChI is InChI=1S/C27H32N6/c28-25-18-24(26-27(30-25)32-33-31-26)23(21-9-5-2-6-10-21)15-16-29-22-13-11-20(12-14-22)17-19-7-3-1-4-8-19/h1-10,18,20,22-23,29H,11-17H2,(H3,28,30,31,32,33). The van der Waals surface area contributed by atoms with Gasteiger partial charge in [-0.2, -0.15) is 0 Å². The average molecular weight is 441 g/mol. The summed E-state index contributed by atoms with van der Waals surface area (Å²) >= 11 is 0. The fourth-order valence-electron chi connectivity index (χ4n) is 5.29. The van der Waals surface area contributed by atoms with Crippen LogP contribution >= 0.6 is 0 Å². The predicted molar refractivity (Wildman–Crippen MR) is 133 cm³/mol. The lowest BCUT2D eigenvalue weighted by molar-refractivity contribution is 0.289. The van der Waals surface area contributed by atoms with Gasteiger partial charge in [0, 0.05) is 12.0 Å². The molecule has 1 saturated carbocycles. The van der Waals surface area contributed by atoms with E-state index in [2.05, 4.69) is 86.4 Å². The van der Waals surface area contributed by atoms with Crippen molar-refractivity contribution < 1.29 is 0 Å². The summed E-state index contributed by atoms with van der Waals surface area (Å²) in [4.78, 5) is 4.34. The number of benzene rings is 2. The Morgan fingerprint density at radius 2 is 1.70 bits per heavy atom. The molecule has 1 aliphatic rings. The van der Waals surface area contributed by atoms with Crippen LogP contribution in [0.15, 0.2) is 66.7 Å². The molecule has 1 fully saturated rings. The van der Waals surface area contributed by atoms with Crippen LogP contribution in [-0.2, 0) is 6.42 Å². The van der Waals surface area contributed by atoms with E-state index < -0.39 is 0 Å². The van der Waals surface area contributed by atoms with Crippen LogP contribution in [0.1, 0.15) is 54.7 Å². The lowest BCUT2D eigenvalue weighted by Gasteiger charge is -2.30. The summed E-state index contributed by atoms with van der Waals surface area (Å²) in [6, 6.07) is 24.1. The maximum atomic E-state index is 6.11. The highest BCUT2D eigenvalue weighted by Gasteiger charge is 2.23. The zero-order valence-electron chi connectivity index (χ0n) is 19.0. The zero-order valence-corrected chi connectivity index (χ0v) is 19.0. The minimum absolute atomic E-state index is 0.186. The van der Waals surface area contributed by atoms with Crippen molar-refractivity contribution in [3.8, 4) is 0 Å². The summed E-state index contributed by atoms with van der Waals surface area (Å²) in [6.07, 6.45) is 7.29. The lowest BCUT2D eigenvalue weighted by atomic mass is 9.82. The molecule has 2 aromatic heterocycles. The van der Waals surface area contributed by atoms with Crippen LogP contribution < -0.4 is 11.1 Å². The first-order chi connectivity index (χ1) is 16.3. The number of nitrogens with zero attached hydrogens (tertiary/aromatic N) is 3. The van der Waals surface area contributed by atoms with E-state index in [4.69, 9.17) is 5.73 Å². The van der Waals surface area contributed by atoms with Gasteiger partial charge in [0.25, 0.3) is 0 Å². The first-order valence-electron chi connectivity index (χ1n) is 12.1. The monoisotopic (exact) mass is 440 g/mol. The topological polar surface area (TPSA) is 92.5 Å². The second kappa shape index (κ2) is 10.1. The third-order valence-electron chi connectivity index (χ3n) is 7.01. The summed E-state index contributed by atoms with van der Waals surface area (Å²) in [5.41, 5.74) is 11.4. The Balaban J connectivity index is 1.22. The Morgan fingerprint density at radius 1 is 0.970 bits per heavy atom. The molecular formula is C27H32N6. The van der Waals surface area contributed by atoms with E-state index in [-0.39, 0.29) is 5.92 Å². The van der Waals surface area contributed by atoms with Crippen LogP contribution in [0.25, 0.3) is 11.2 Å². The van der Waals surface area contributed by atoms with Crippen LogP contribution in [0.5, 0.6) is 0 Å². The first-order valence-corrected chi connectivity index (χ1v) is 12.1. The fraction of sp³-hybridized carbons (Fsp3) is 0.370. The van der Waals surface area contributed by atoms with Gasteiger partial charge in [0.05, 0.1) is 0 Å². The van der Waals surface area contributed by atoms with Crippen LogP contribution in [0.3, 0.4) is 0 Å². The maximum Gasteiger partial charge on any atom is 0.178 e. The number of anilines is 1. The third-order valence-corrected chi connectivity index (χ3v) is 7.01. The molecule has 6 nitrogen and oxygen atoms in total. The van der Waals surface area contributed by atoms with Crippen LogP contribution in [-0.4, -0.2) is 33.0 Å². The lowest BCUT2D eigenvalue weighted by Crippen LogP contribution is -2.34. The largest absolute Gasteiger partial charge is 0.384 e. The molecule has 0 bridgehead atoms. The van der Waals surface area contributed by atoms with E-state index in [0.29, 0.717) is 17.5 Å². The normalized spacial score (nSPS) is 19.5. The van der Waals surface area contributed by atoms with Gasteiger partial charge in [-0.1, -0.05) is 65.9 Å². The zero-order chi connectivity index (χ0) is 22.5. The smallest absolute Gasteiger partial charge is 0.178 e. The maximum absolute atomic E-state index is 6.11. The van der Waals surface area contributed by atoms with Gasteiger partial charge < -0.3 is 11.1 Å². The molecule has 33 heavy (non-hydrogen) atoms. The molecule has 170 valence electrons. The van der Waals surface area contributed by atoms with Crippen molar-refractivity contribution >= 4 is 17.0 Å². The number of aromatic nitrogens is 4. The molecule has 4 N–H and O–H groups in total. The van der Waals surface area contributed by atoms with E-state index in [1.165, 1.54) is 43.2 Å². The molecule has 0 aliphatic heterocycles. The Bertz CT molecular complexity index is 1150.